The number of hydrogen-bond acceptors (Lipinski definition) is 4. The summed E-state index contributed by atoms with van der Waals surface area (Å²) in [6, 6.07) is 7.29. The van der Waals surface area contributed by atoms with Gasteiger partial charge in [0.25, 0.3) is 0 Å². The van der Waals surface area contributed by atoms with Crippen molar-refractivity contribution in [2.45, 2.75) is 31.4 Å². The smallest absolute Gasteiger partial charge is 0.220 e. The molecule has 0 saturated carbocycles. The Labute approximate surface area is 124 Å². The second-order valence-electron chi connectivity index (χ2n) is 5.99. The van der Waals surface area contributed by atoms with Gasteiger partial charge in [0.15, 0.2) is 9.84 Å². The average molecular weight is 309 g/mol. The van der Waals surface area contributed by atoms with Crippen molar-refractivity contribution < 1.29 is 18.3 Å². The summed E-state index contributed by atoms with van der Waals surface area (Å²) < 4.78 is 22.8. The van der Waals surface area contributed by atoms with Gasteiger partial charge in [0.1, 0.15) is 0 Å². The van der Waals surface area contributed by atoms with Crippen LogP contribution in [0.1, 0.15) is 30.0 Å². The quantitative estimate of drug-likeness (QED) is 0.856. The van der Waals surface area contributed by atoms with E-state index in [4.69, 9.17) is 0 Å². The van der Waals surface area contributed by atoms with Crippen LogP contribution in [0.15, 0.2) is 24.3 Å². The number of hydrogen-bond donors (Lipinski definition) is 2. The third-order valence-corrected chi connectivity index (χ3v) is 6.16. The summed E-state index contributed by atoms with van der Waals surface area (Å²) in [6.45, 7) is 0. The van der Waals surface area contributed by atoms with Crippen molar-refractivity contribution in [1.82, 2.24) is 5.32 Å². The summed E-state index contributed by atoms with van der Waals surface area (Å²) in [4.78, 5) is 12.1. The average Bonchev–Trinajstić information content (AvgIpc) is 2.90. The number of aliphatic hydroxyl groups is 1. The van der Waals surface area contributed by atoms with Crippen molar-refractivity contribution in [2.24, 2.45) is 5.92 Å². The minimum atomic E-state index is -2.96. The van der Waals surface area contributed by atoms with Crippen molar-refractivity contribution in [1.29, 1.82) is 0 Å². The van der Waals surface area contributed by atoms with Crippen molar-refractivity contribution in [3.63, 3.8) is 0 Å². The van der Waals surface area contributed by atoms with Crippen LogP contribution in [-0.2, 0) is 21.1 Å². The maximum Gasteiger partial charge on any atom is 0.220 e. The first-order valence-electron chi connectivity index (χ1n) is 7.20. The molecular formula is C15H19NO4S. The SMILES string of the molecule is O=C(CC1CCS(=O)(=O)C1)N[C@H]1c2ccccc2C[C@H]1O. The first-order valence-corrected chi connectivity index (χ1v) is 9.02. The largest absolute Gasteiger partial charge is 0.390 e. The zero-order chi connectivity index (χ0) is 15.0. The molecule has 1 heterocycles. The number of carbonyl (C=O) groups is 1. The molecule has 1 aromatic rings. The Morgan fingerprint density at radius 3 is 2.81 bits per heavy atom. The molecule has 0 bridgehead atoms. The Kier molecular flexibility index (Phi) is 3.75. The van der Waals surface area contributed by atoms with E-state index < -0.39 is 15.9 Å². The van der Waals surface area contributed by atoms with Crippen molar-refractivity contribution in [2.75, 3.05) is 11.5 Å². The minimum Gasteiger partial charge on any atom is -0.390 e. The molecule has 1 amide bonds. The fourth-order valence-electron chi connectivity index (χ4n) is 3.28. The first kappa shape index (κ1) is 14.5. The van der Waals surface area contributed by atoms with Gasteiger partial charge < -0.3 is 10.4 Å². The predicted molar refractivity (Wildman–Crippen MR) is 78.4 cm³/mol. The fourth-order valence-corrected chi connectivity index (χ4v) is 5.14. The molecule has 3 atom stereocenters. The van der Waals surface area contributed by atoms with E-state index in [1.807, 2.05) is 24.3 Å². The highest BCUT2D eigenvalue weighted by Crippen LogP contribution is 2.31. The van der Waals surface area contributed by atoms with Gasteiger partial charge >= 0.3 is 0 Å². The molecule has 21 heavy (non-hydrogen) atoms. The number of aliphatic hydroxyl groups excluding tert-OH is 1. The Morgan fingerprint density at radius 2 is 2.10 bits per heavy atom. The number of rotatable bonds is 3. The molecule has 2 N–H and O–H groups in total. The lowest BCUT2D eigenvalue weighted by molar-refractivity contribution is -0.123. The topological polar surface area (TPSA) is 83.5 Å². The van der Waals surface area contributed by atoms with Crippen molar-refractivity contribution >= 4 is 15.7 Å². The number of benzene rings is 1. The summed E-state index contributed by atoms with van der Waals surface area (Å²) in [6.07, 6.45) is 0.696. The van der Waals surface area contributed by atoms with Crippen LogP contribution in [0, 0.1) is 5.92 Å². The van der Waals surface area contributed by atoms with Crippen LogP contribution in [0.2, 0.25) is 0 Å². The molecule has 1 unspecified atom stereocenters. The molecule has 6 heteroatoms. The highest BCUT2D eigenvalue weighted by molar-refractivity contribution is 7.91. The molecule has 1 aromatic carbocycles. The zero-order valence-electron chi connectivity index (χ0n) is 11.7. The monoisotopic (exact) mass is 309 g/mol. The molecule has 1 aliphatic heterocycles. The maximum atomic E-state index is 12.1. The van der Waals surface area contributed by atoms with Crippen LogP contribution in [0.4, 0.5) is 0 Å². The third kappa shape index (κ3) is 3.11. The summed E-state index contributed by atoms with van der Waals surface area (Å²) >= 11 is 0. The summed E-state index contributed by atoms with van der Waals surface area (Å²) in [7, 11) is -2.96. The Bertz CT molecular complexity index is 655. The van der Waals surface area contributed by atoms with Gasteiger partial charge in [0.05, 0.1) is 23.7 Å². The Hall–Kier alpha value is -1.40. The molecule has 0 aromatic heterocycles. The molecule has 3 rings (SSSR count). The van der Waals surface area contributed by atoms with E-state index in [9.17, 15) is 18.3 Å². The van der Waals surface area contributed by atoms with E-state index in [-0.39, 0.29) is 35.8 Å². The van der Waals surface area contributed by atoms with Gasteiger partial charge in [-0.3, -0.25) is 4.79 Å². The van der Waals surface area contributed by atoms with Gasteiger partial charge in [-0.05, 0) is 23.5 Å². The zero-order valence-corrected chi connectivity index (χ0v) is 12.5. The lowest BCUT2D eigenvalue weighted by atomic mass is 10.0. The third-order valence-electron chi connectivity index (χ3n) is 4.32. The molecule has 5 nitrogen and oxygen atoms in total. The lowest BCUT2D eigenvalue weighted by Gasteiger charge is -2.19. The lowest BCUT2D eigenvalue weighted by Crippen LogP contribution is -2.34. The van der Waals surface area contributed by atoms with Gasteiger partial charge in [-0.25, -0.2) is 8.42 Å². The fraction of sp³-hybridized carbons (Fsp3) is 0.533. The van der Waals surface area contributed by atoms with Crippen molar-refractivity contribution in [3.05, 3.63) is 35.4 Å². The minimum absolute atomic E-state index is 0.0937. The Morgan fingerprint density at radius 1 is 1.33 bits per heavy atom. The highest BCUT2D eigenvalue weighted by Gasteiger charge is 2.34. The highest BCUT2D eigenvalue weighted by atomic mass is 32.2. The van der Waals surface area contributed by atoms with E-state index >= 15 is 0 Å². The van der Waals surface area contributed by atoms with Gasteiger partial charge in [0, 0.05) is 12.8 Å². The van der Waals surface area contributed by atoms with Crippen LogP contribution in [0.25, 0.3) is 0 Å². The van der Waals surface area contributed by atoms with Gasteiger partial charge in [-0.1, -0.05) is 24.3 Å². The first-order chi connectivity index (χ1) is 9.94. The molecule has 1 fully saturated rings. The van der Waals surface area contributed by atoms with Crippen LogP contribution in [0.5, 0.6) is 0 Å². The van der Waals surface area contributed by atoms with Crippen LogP contribution < -0.4 is 5.32 Å². The molecule has 1 saturated heterocycles. The summed E-state index contributed by atoms with van der Waals surface area (Å²) in [5, 5.41) is 12.9. The summed E-state index contributed by atoms with van der Waals surface area (Å²) in [5.74, 6) is 0.00555. The second-order valence-corrected chi connectivity index (χ2v) is 8.22. The number of sulfone groups is 1. The van der Waals surface area contributed by atoms with Crippen LogP contribution in [-0.4, -0.2) is 37.0 Å². The van der Waals surface area contributed by atoms with E-state index in [1.54, 1.807) is 0 Å². The normalized spacial score (nSPS) is 30.0. The molecule has 2 aliphatic rings. The molecule has 1 aliphatic carbocycles. The van der Waals surface area contributed by atoms with Crippen LogP contribution >= 0.6 is 0 Å². The predicted octanol–water partition coefficient (Wildman–Crippen LogP) is 0.586. The number of amides is 1. The van der Waals surface area contributed by atoms with E-state index in [1.165, 1.54) is 0 Å². The number of carbonyl (C=O) groups excluding carboxylic acids is 1. The van der Waals surface area contributed by atoms with E-state index in [0.29, 0.717) is 12.8 Å². The molecule has 0 radical (unpaired) electrons. The van der Waals surface area contributed by atoms with E-state index in [2.05, 4.69) is 5.32 Å². The second kappa shape index (κ2) is 5.42. The Balaban J connectivity index is 1.63. The molecular weight excluding hydrogens is 290 g/mol. The number of nitrogens with one attached hydrogen (secondary N) is 1. The maximum absolute atomic E-state index is 12.1. The van der Waals surface area contributed by atoms with E-state index in [0.717, 1.165) is 11.1 Å². The molecule has 0 spiro atoms. The van der Waals surface area contributed by atoms with Crippen LogP contribution in [0.3, 0.4) is 0 Å². The molecule has 114 valence electrons. The van der Waals surface area contributed by atoms with Gasteiger partial charge in [-0.2, -0.15) is 0 Å². The van der Waals surface area contributed by atoms with Gasteiger partial charge in [0.2, 0.25) is 5.91 Å². The number of fused-ring (bicyclic) bond motifs is 1. The summed E-state index contributed by atoms with van der Waals surface area (Å²) in [5.41, 5.74) is 2.01. The van der Waals surface area contributed by atoms with Crippen molar-refractivity contribution in [3.8, 4) is 0 Å². The standard InChI is InChI=1S/C15H19NO4S/c17-13-8-11-3-1-2-4-12(11)15(13)16-14(18)7-10-5-6-21(19,20)9-10/h1-4,10,13,15,17H,5-9H2,(H,16,18)/t10?,13-,15+/m1/s1. The van der Waals surface area contributed by atoms with Gasteiger partial charge in [-0.15, -0.1) is 0 Å².